The molecule has 1 heterocycles. The zero-order valence-electron chi connectivity index (χ0n) is 14.5. The van der Waals surface area contributed by atoms with E-state index in [4.69, 9.17) is 0 Å². The van der Waals surface area contributed by atoms with E-state index in [-0.39, 0.29) is 11.9 Å². The minimum absolute atomic E-state index is 0.0166. The van der Waals surface area contributed by atoms with Crippen LogP contribution in [0.25, 0.3) is 0 Å². The van der Waals surface area contributed by atoms with Crippen LogP contribution in [0.2, 0.25) is 0 Å². The van der Waals surface area contributed by atoms with Crippen molar-refractivity contribution in [1.29, 1.82) is 0 Å². The standard InChI is InChI=1S/C21H22N2OS/c1-15-9-11-17(12-10-15)21(19-8-5-13-25-19)22-14-20(24)23-18-7-4-3-6-16(18)2/h3-13,21-22H,14H2,1-2H3,(H,23,24)/p+1/t21-/m1/s1. The molecule has 1 atom stereocenters. The Hall–Kier alpha value is -2.43. The molecular weight excluding hydrogens is 328 g/mol. The van der Waals surface area contributed by atoms with E-state index in [1.807, 2.05) is 31.2 Å². The van der Waals surface area contributed by atoms with Gasteiger partial charge in [-0.15, -0.1) is 11.3 Å². The molecule has 2 aromatic carbocycles. The third-order valence-electron chi connectivity index (χ3n) is 4.24. The van der Waals surface area contributed by atoms with Crippen LogP contribution in [0.3, 0.4) is 0 Å². The zero-order chi connectivity index (χ0) is 17.6. The maximum absolute atomic E-state index is 12.4. The van der Waals surface area contributed by atoms with Crippen LogP contribution in [0.15, 0.2) is 66.0 Å². The fourth-order valence-electron chi connectivity index (χ4n) is 2.80. The summed E-state index contributed by atoms with van der Waals surface area (Å²) in [5.41, 5.74) is 4.41. The van der Waals surface area contributed by atoms with Gasteiger partial charge in [-0.05, 0) is 36.9 Å². The summed E-state index contributed by atoms with van der Waals surface area (Å²) >= 11 is 1.73. The number of rotatable bonds is 6. The third-order valence-corrected chi connectivity index (χ3v) is 5.20. The molecule has 1 amide bonds. The summed E-state index contributed by atoms with van der Waals surface area (Å²) in [6, 6.07) is 20.7. The second-order valence-corrected chi connectivity index (χ2v) is 7.19. The number of quaternary nitrogens is 1. The van der Waals surface area contributed by atoms with Crippen molar-refractivity contribution in [3.05, 3.63) is 87.6 Å². The van der Waals surface area contributed by atoms with Gasteiger partial charge in [-0.25, -0.2) is 0 Å². The molecule has 1 aromatic heterocycles. The van der Waals surface area contributed by atoms with Crippen LogP contribution in [-0.2, 0) is 4.79 Å². The third kappa shape index (κ3) is 4.56. The summed E-state index contributed by atoms with van der Waals surface area (Å²) in [5, 5.41) is 7.19. The van der Waals surface area contributed by atoms with Gasteiger partial charge < -0.3 is 10.6 Å². The molecule has 0 fully saturated rings. The Balaban J connectivity index is 1.70. The Morgan fingerprint density at radius 3 is 2.48 bits per heavy atom. The van der Waals surface area contributed by atoms with E-state index in [0.717, 1.165) is 11.3 Å². The maximum atomic E-state index is 12.4. The number of carbonyl (C=O) groups is 1. The number of carbonyl (C=O) groups excluding carboxylic acids is 1. The van der Waals surface area contributed by atoms with Crippen molar-refractivity contribution in [2.45, 2.75) is 19.9 Å². The van der Waals surface area contributed by atoms with Gasteiger partial charge in [0.05, 0.1) is 4.88 Å². The van der Waals surface area contributed by atoms with Crippen molar-refractivity contribution in [2.75, 3.05) is 11.9 Å². The number of nitrogens with two attached hydrogens (primary N) is 1. The van der Waals surface area contributed by atoms with Gasteiger partial charge in [-0.2, -0.15) is 0 Å². The molecule has 0 spiro atoms. The normalized spacial score (nSPS) is 11.9. The van der Waals surface area contributed by atoms with Crippen molar-refractivity contribution >= 4 is 22.9 Å². The second kappa shape index (κ2) is 8.10. The fraction of sp³-hybridized carbons (Fsp3) is 0.190. The topological polar surface area (TPSA) is 45.7 Å². The summed E-state index contributed by atoms with van der Waals surface area (Å²) in [5.74, 6) is 0.0166. The number of nitrogens with one attached hydrogen (secondary N) is 1. The van der Waals surface area contributed by atoms with Gasteiger partial charge in [0, 0.05) is 11.3 Å². The average molecular weight is 351 g/mol. The lowest BCUT2D eigenvalue weighted by Gasteiger charge is -2.15. The molecule has 3 N–H and O–H groups in total. The molecule has 0 saturated heterocycles. The molecule has 0 aliphatic rings. The molecule has 3 aromatic rings. The first kappa shape index (κ1) is 17.4. The molecule has 0 bridgehead atoms. The molecule has 25 heavy (non-hydrogen) atoms. The molecule has 0 unspecified atom stereocenters. The molecule has 128 valence electrons. The predicted octanol–water partition coefficient (Wildman–Crippen LogP) is 3.66. The lowest BCUT2D eigenvalue weighted by atomic mass is 10.0. The van der Waals surface area contributed by atoms with E-state index < -0.39 is 0 Å². The Labute approximate surface area is 152 Å². The molecule has 3 rings (SSSR count). The molecule has 0 saturated carbocycles. The number of aryl methyl sites for hydroxylation is 2. The number of hydrogen-bond acceptors (Lipinski definition) is 2. The van der Waals surface area contributed by atoms with Crippen molar-refractivity contribution in [3.8, 4) is 0 Å². The zero-order valence-corrected chi connectivity index (χ0v) is 15.3. The Morgan fingerprint density at radius 2 is 1.80 bits per heavy atom. The van der Waals surface area contributed by atoms with Gasteiger partial charge in [-0.3, -0.25) is 4.79 Å². The maximum Gasteiger partial charge on any atom is 0.279 e. The van der Waals surface area contributed by atoms with Crippen LogP contribution in [0.4, 0.5) is 5.69 Å². The number of amides is 1. The molecule has 3 nitrogen and oxygen atoms in total. The highest BCUT2D eigenvalue weighted by Crippen LogP contribution is 2.23. The Bertz CT molecular complexity index is 825. The van der Waals surface area contributed by atoms with Crippen molar-refractivity contribution in [2.24, 2.45) is 0 Å². The van der Waals surface area contributed by atoms with Crippen molar-refractivity contribution in [1.82, 2.24) is 0 Å². The number of anilines is 1. The molecule has 0 aliphatic heterocycles. The summed E-state index contributed by atoms with van der Waals surface area (Å²) < 4.78 is 0. The van der Waals surface area contributed by atoms with Gasteiger partial charge in [0.25, 0.3) is 5.91 Å². The summed E-state index contributed by atoms with van der Waals surface area (Å²) in [7, 11) is 0. The highest BCUT2D eigenvalue weighted by atomic mass is 32.1. The van der Waals surface area contributed by atoms with E-state index in [9.17, 15) is 4.79 Å². The van der Waals surface area contributed by atoms with Crippen molar-refractivity contribution in [3.63, 3.8) is 0 Å². The molecular formula is C21H23N2OS+. The lowest BCUT2D eigenvalue weighted by Crippen LogP contribution is -2.87. The number of para-hydroxylation sites is 1. The molecule has 0 aliphatic carbocycles. The van der Waals surface area contributed by atoms with Crippen LogP contribution in [-0.4, -0.2) is 12.5 Å². The van der Waals surface area contributed by atoms with E-state index in [1.165, 1.54) is 16.0 Å². The largest absolute Gasteiger partial charge is 0.328 e. The summed E-state index contributed by atoms with van der Waals surface area (Å²) in [6.07, 6.45) is 0. The highest BCUT2D eigenvalue weighted by Gasteiger charge is 2.20. The first-order chi connectivity index (χ1) is 12.1. The number of hydrogen-bond donors (Lipinski definition) is 2. The van der Waals surface area contributed by atoms with E-state index in [1.54, 1.807) is 11.3 Å². The van der Waals surface area contributed by atoms with Gasteiger partial charge in [-0.1, -0.05) is 54.1 Å². The quantitative estimate of drug-likeness (QED) is 0.699. The van der Waals surface area contributed by atoms with Crippen LogP contribution in [0.1, 0.15) is 27.6 Å². The Morgan fingerprint density at radius 1 is 1.04 bits per heavy atom. The van der Waals surface area contributed by atoms with E-state index in [0.29, 0.717) is 6.54 Å². The van der Waals surface area contributed by atoms with Gasteiger partial charge in [0.2, 0.25) is 0 Å². The smallest absolute Gasteiger partial charge is 0.279 e. The lowest BCUT2D eigenvalue weighted by molar-refractivity contribution is -0.675. The van der Waals surface area contributed by atoms with Gasteiger partial charge >= 0.3 is 0 Å². The minimum atomic E-state index is 0.0166. The van der Waals surface area contributed by atoms with E-state index >= 15 is 0 Å². The van der Waals surface area contributed by atoms with Gasteiger partial charge in [0.1, 0.15) is 6.04 Å². The van der Waals surface area contributed by atoms with Crippen LogP contribution in [0.5, 0.6) is 0 Å². The SMILES string of the molecule is Cc1ccc([C@@H]([NH2+]CC(=O)Nc2ccccc2C)c2cccs2)cc1. The number of thiophene rings is 1. The average Bonchev–Trinajstić information content (AvgIpc) is 3.13. The van der Waals surface area contributed by atoms with E-state index in [2.05, 4.69) is 59.3 Å². The monoisotopic (exact) mass is 351 g/mol. The summed E-state index contributed by atoms with van der Waals surface area (Å²) in [6.45, 7) is 4.47. The van der Waals surface area contributed by atoms with Gasteiger partial charge in [0.15, 0.2) is 6.54 Å². The minimum Gasteiger partial charge on any atom is -0.328 e. The molecule has 0 radical (unpaired) electrons. The second-order valence-electron chi connectivity index (χ2n) is 6.21. The summed E-state index contributed by atoms with van der Waals surface area (Å²) in [4.78, 5) is 13.6. The molecule has 4 heteroatoms. The first-order valence-electron chi connectivity index (χ1n) is 8.42. The number of benzene rings is 2. The Kier molecular flexibility index (Phi) is 5.64. The van der Waals surface area contributed by atoms with Crippen LogP contribution >= 0.6 is 11.3 Å². The van der Waals surface area contributed by atoms with Crippen LogP contribution < -0.4 is 10.6 Å². The predicted molar refractivity (Wildman–Crippen MR) is 104 cm³/mol. The van der Waals surface area contributed by atoms with Crippen LogP contribution in [0, 0.1) is 13.8 Å². The first-order valence-corrected chi connectivity index (χ1v) is 9.30. The highest BCUT2D eigenvalue weighted by molar-refractivity contribution is 7.10. The van der Waals surface area contributed by atoms with Crippen molar-refractivity contribution < 1.29 is 10.1 Å². The fourth-order valence-corrected chi connectivity index (χ4v) is 3.65.